The predicted molar refractivity (Wildman–Crippen MR) is 145 cm³/mol. The molecule has 0 saturated heterocycles. The van der Waals surface area contributed by atoms with Crippen molar-refractivity contribution >= 4 is 34.4 Å². The first-order valence-corrected chi connectivity index (χ1v) is 12.0. The van der Waals surface area contributed by atoms with E-state index in [1.54, 1.807) is 0 Å². The van der Waals surface area contributed by atoms with Gasteiger partial charge in [-0.3, -0.25) is 9.59 Å². The average molecular weight is 469 g/mol. The lowest BCUT2D eigenvalue weighted by atomic mass is 10.0. The molecule has 2 heterocycles. The number of aldehydes is 2. The second-order valence-corrected chi connectivity index (χ2v) is 9.09. The molecule has 0 radical (unpaired) electrons. The summed E-state index contributed by atoms with van der Waals surface area (Å²) in [5.74, 6) is 0. The van der Waals surface area contributed by atoms with Crippen LogP contribution in [0.3, 0.4) is 0 Å². The zero-order chi connectivity index (χ0) is 24.5. The summed E-state index contributed by atoms with van der Waals surface area (Å²) in [6.07, 6.45) is 5.70. The van der Waals surface area contributed by atoms with Crippen LogP contribution >= 0.6 is 0 Å². The summed E-state index contributed by atoms with van der Waals surface area (Å²) in [7, 11) is 0. The third-order valence-corrected chi connectivity index (χ3v) is 6.84. The quantitative estimate of drug-likeness (QED) is 0.237. The van der Waals surface area contributed by atoms with Crippen molar-refractivity contribution in [1.29, 1.82) is 0 Å². The van der Waals surface area contributed by atoms with E-state index in [2.05, 4.69) is 69.8 Å². The van der Waals surface area contributed by atoms with E-state index in [-0.39, 0.29) is 0 Å². The fraction of sp³-hybridized carbons (Fsp3) is 0.0625. The fourth-order valence-corrected chi connectivity index (χ4v) is 5.00. The Morgan fingerprint density at radius 3 is 1.28 bits per heavy atom. The summed E-state index contributed by atoms with van der Waals surface area (Å²) in [5.41, 5.74) is 8.25. The van der Waals surface area contributed by atoms with Crippen LogP contribution < -0.4 is 0 Å². The van der Waals surface area contributed by atoms with Gasteiger partial charge in [-0.1, -0.05) is 84.9 Å². The van der Waals surface area contributed by atoms with E-state index < -0.39 is 0 Å². The summed E-state index contributed by atoms with van der Waals surface area (Å²) >= 11 is 0. The van der Waals surface area contributed by atoms with E-state index in [0.29, 0.717) is 13.1 Å². The zero-order valence-electron chi connectivity index (χ0n) is 19.7. The lowest BCUT2D eigenvalue weighted by Gasteiger charge is -2.09. The van der Waals surface area contributed by atoms with Gasteiger partial charge < -0.3 is 9.13 Å². The van der Waals surface area contributed by atoms with Gasteiger partial charge in [0.05, 0.1) is 0 Å². The van der Waals surface area contributed by atoms with E-state index in [0.717, 1.165) is 56.6 Å². The zero-order valence-corrected chi connectivity index (χ0v) is 19.7. The van der Waals surface area contributed by atoms with Crippen molar-refractivity contribution in [1.82, 2.24) is 9.13 Å². The third-order valence-electron chi connectivity index (χ3n) is 6.84. The molecule has 0 N–H and O–H groups in total. The Bertz CT molecular complexity index is 1570. The molecule has 0 saturated carbocycles. The molecule has 0 unspecified atom stereocenters. The summed E-state index contributed by atoms with van der Waals surface area (Å²) in [6.45, 7) is 1.42. The average Bonchev–Trinajstić information content (AvgIpc) is 3.47. The van der Waals surface area contributed by atoms with Crippen LogP contribution in [0.5, 0.6) is 0 Å². The number of hydrogen-bond donors (Lipinski definition) is 0. The highest BCUT2D eigenvalue weighted by molar-refractivity contribution is 5.98. The van der Waals surface area contributed by atoms with Crippen molar-refractivity contribution in [3.05, 3.63) is 132 Å². The van der Waals surface area contributed by atoms with Gasteiger partial charge in [0.15, 0.2) is 12.6 Å². The van der Waals surface area contributed by atoms with Gasteiger partial charge in [-0.15, -0.1) is 0 Å². The van der Waals surface area contributed by atoms with Gasteiger partial charge in [-0.2, -0.15) is 0 Å². The van der Waals surface area contributed by atoms with E-state index in [9.17, 15) is 9.59 Å². The van der Waals surface area contributed by atoms with Gasteiger partial charge in [0.25, 0.3) is 0 Å². The highest BCUT2D eigenvalue weighted by Crippen LogP contribution is 2.25. The van der Waals surface area contributed by atoms with Crippen molar-refractivity contribution in [2.45, 2.75) is 13.1 Å². The maximum atomic E-state index is 11.5. The van der Waals surface area contributed by atoms with Gasteiger partial charge in [0, 0.05) is 58.4 Å². The summed E-state index contributed by atoms with van der Waals surface area (Å²) < 4.78 is 4.26. The van der Waals surface area contributed by atoms with Gasteiger partial charge in [0.2, 0.25) is 0 Å². The standard InChI is InChI=1S/C32H24N2O2/c35-21-27-19-33(31-7-3-1-5-29(27)31)17-23-9-13-25(14-10-23)26-15-11-24(12-16-26)18-34-20-28(22-36)30-6-2-4-8-32(30)34/h1-16,19-22H,17-18H2. The molecule has 4 heteroatoms. The lowest BCUT2D eigenvalue weighted by Crippen LogP contribution is -1.98. The minimum atomic E-state index is 0.709. The topological polar surface area (TPSA) is 44.0 Å². The first-order valence-electron chi connectivity index (χ1n) is 12.0. The molecule has 4 nitrogen and oxygen atoms in total. The number of nitrogens with zero attached hydrogens (tertiary/aromatic N) is 2. The molecule has 0 atom stereocenters. The van der Waals surface area contributed by atoms with Crippen LogP contribution in [0.15, 0.2) is 109 Å². The van der Waals surface area contributed by atoms with Crippen LogP contribution in [0.2, 0.25) is 0 Å². The van der Waals surface area contributed by atoms with Crippen LogP contribution in [0, 0.1) is 0 Å². The molecular weight excluding hydrogens is 444 g/mol. The number of benzene rings is 4. The van der Waals surface area contributed by atoms with Gasteiger partial charge >= 0.3 is 0 Å². The molecule has 0 bridgehead atoms. The maximum absolute atomic E-state index is 11.5. The van der Waals surface area contributed by atoms with E-state index in [1.165, 1.54) is 11.1 Å². The second kappa shape index (κ2) is 9.16. The molecule has 0 aliphatic carbocycles. The molecule has 6 rings (SSSR count). The van der Waals surface area contributed by atoms with Crippen molar-refractivity contribution in [3.63, 3.8) is 0 Å². The van der Waals surface area contributed by atoms with Crippen LogP contribution in [0.4, 0.5) is 0 Å². The molecular formula is C32H24N2O2. The van der Waals surface area contributed by atoms with Crippen molar-refractivity contribution in [2.75, 3.05) is 0 Å². The molecule has 0 amide bonds. The molecule has 6 aromatic rings. The van der Waals surface area contributed by atoms with Gasteiger partial charge in [-0.05, 0) is 34.4 Å². The number of aromatic nitrogens is 2. The number of fused-ring (bicyclic) bond motifs is 2. The number of hydrogen-bond acceptors (Lipinski definition) is 2. The van der Waals surface area contributed by atoms with E-state index in [1.807, 2.05) is 48.8 Å². The maximum Gasteiger partial charge on any atom is 0.152 e. The minimum absolute atomic E-state index is 0.709. The number of rotatable bonds is 7. The Balaban J connectivity index is 1.20. The molecule has 36 heavy (non-hydrogen) atoms. The molecule has 0 aliphatic rings. The minimum Gasteiger partial charge on any atom is -0.342 e. The lowest BCUT2D eigenvalue weighted by molar-refractivity contribution is 0.111. The molecule has 4 aromatic carbocycles. The second-order valence-electron chi connectivity index (χ2n) is 9.09. The normalized spacial score (nSPS) is 11.2. The highest BCUT2D eigenvalue weighted by Gasteiger charge is 2.09. The Labute approximate surface area is 209 Å². The Hall–Kier alpha value is -4.70. The van der Waals surface area contributed by atoms with Crippen LogP contribution in [0.1, 0.15) is 31.8 Å². The molecule has 0 spiro atoms. The molecule has 0 fully saturated rings. The largest absolute Gasteiger partial charge is 0.342 e. The third kappa shape index (κ3) is 3.93. The summed E-state index contributed by atoms with van der Waals surface area (Å²) in [6, 6.07) is 33.2. The van der Waals surface area contributed by atoms with Gasteiger partial charge in [0.1, 0.15) is 0 Å². The predicted octanol–water partition coefficient (Wildman–Crippen LogP) is 6.98. The van der Waals surface area contributed by atoms with Crippen molar-refractivity contribution in [2.24, 2.45) is 0 Å². The van der Waals surface area contributed by atoms with Crippen molar-refractivity contribution < 1.29 is 9.59 Å². The highest BCUT2D eigenvalue weighted by atomic mass is 16.1. The van der Waals surface area contributed by atoms with Crippen LogP contribution in [0.25, 0.3) is 32.9 Å². The first kappa shape index (κ1) is 21.8. The summed E-state index contributed by atoms with van der Waals surface area (Å²) in [5, 5.41) is 1.97. The van der Waals surface area contributed by atoms with Crippen LogP contribution in [-0.2, 0) is 13.1 Å². The molecule has 0 aliphatic heterocycles. The fourth-order valence-electron chi connectivity index (χ4n) is 5.00. The number of carbonyl (C=O) groups is 2. The Kier molecular flexibility index (Phi) is 5.55. The van der Waals surface area contributed by atoms with Gasteiger partial charge in [-0.25, -0.2) is 0 Å². The monoisotopic (exact) mass is 468 g/mol. The molecule has 174 valence electrons. The smallest absolute Gasteiger partial charge is 0.152 e. The number of para-hydroxylation sites is 2. The summed E-state index contributed by atoms with van der Waals surface area (Å²) in [4.78, 5) is 22.9. The van der Waals surface area contributed by atoms with Crippen molar-refractivity contribution in [3.8, 4) is 11.1 Å². The Morgan fingerprint density at radius 2 is 0.889 bits per heavy atom. The first-order chi connectivity index (χ1) is 17.7. The van der Waals surface area contributed by atoms with E-state index in [4.69, 9.17) is 0 Å². The molecule has 2 aromatic heterocycles. The SMILES string of the molecule is O=Cc1cn(Cc2ccc(-c3ccc(Cn4cc(C=O)c5ccccc54)cc3)cc2)c2ccccc12. The van der Waals surface area contributed by atoms with E-state index >= 15 is 0 Å². The number of carbonyl (C=O) groups excluding carboxylic acids is 2. The van der Waals surface area contributed by atoms with Crippen LogP contribution in [-0.4, -0.2) is 21.7 Å². The Morgan fingerprint density at radius 1 is 0.500 bits per heavy atom.